The van der Waals surface area contributed by atoms with Gasteiger partial charge >= 0.3 is 0 Å². The second-order valence-electron chi connectivity index (χ2n) is 4.50. The molecule has 1 atom stereocenters. The maximum absolute atomic E-state index is 11.4. The molecule has 0 saturated carbocycles. The summed E-state index contributed by atoms with van der Waals surface area (Å²) >= 11 is 0. The van der Waals surface area contributed by atoms with Crippen LogP contribution in [0.25, 0.3) is 0 Å². The van der Waals surface area contributed by atoms with Crippen molar-refractivity contribution in [3.05, 3.63) is 24.3 Å². The van der Waals surface area contributed by atoms with Crippen LogP contribution < -0.4 is 20.5 Å². The van der Waals surface area contributed by atoms with Gasteiger partial charge in [-0.05, 0) is 25.6 Å². The van der Waals surface area contributed by atoms with E-state index < -0.39 is 5.54 Å². The first-order valence-corrected chi connectivity index (χ1v) is 6.33. The summed E-state index contributed by atoms with van der Waals surface area (Å²) in [7, 11) is 1.61. The SMILES string of the molecule is CCNC(C)(CCOc1cccc(OC)c1)C(N)=O. The second-order valence-corrected chi connectivity index (χ2v) is 4.50. The molecule has 0 aromatic heterocycles. The highest BCUT2D eigenvalue weighted by atomic mass is 16.5. The van der Waals surface area contributed by atoms with Gasteiger partial charge in [-0.1, -0.05) is 13.0 Å². The first-order chi connectivity index (χ1) is 9.01. The largest absolute Gasteiger partial charge is 0.497 e. The van der Waals surface area contributed by atoms with Gasteiger partial charge < -0.3 is 20.5 Å². The molecular weight excluding hydrogens is 244 g/mol. The van der Waals surface area contributed by atoms with Crippen molar-refractivity contribution in [2.45, 2.75) is 25.8 Å². The third-order valence-corrected chi connectivity index (χ3v) is 3.02. The van der Waals surface area contributed by atoms with Gasteiger partial charge in [0.05, 0.1) is 19.3 Å². The third-order valence-electron chi connectivity index (χ3n) is 3.02. The summed E-state index contributed by atoms with van der Waals surface area (Å²) in [5, 5.41) is 3.09. The quantitative estimate of drug-likeness (QED) is 0.744. The zero-order valence-electron chi connectivity index (χ0n) is 11.7. The molecule has 1 rings (SSSR count). The van der Waals surface area contributed by atoms with Gasteiger partial charge in [-0.2, -0.15) is 0 Å². The Bertz CT molecular complexity index is 423. The molecule has 0 aliphatic heterocycles. The maximum Gasteiger partial charge on any atom is 0.237 e. The van der Waals surface area contributed by atoms with E-state index in [9.17, 15) is 4.79 Å². The highest BCUT2D eigenvalue weighted by Crippen LogP contribution is 2.19. The molecule has 19 heavy (non-hydrogen) atoms. The van der Waals surface area contributed by atoms with E-state index in [1.54, 1.807) is 20.1 Å². The van der Waals surface area contributed by atoms with E-state index in [0.29, 0.717) is 25.3 Å². The Balaban J connectivity index is 2.54. The third kappa shape index (κ3) is 4.44. The van der Waals surface area contributed by atoms with Crippen LogP contribution in [0.5, 0.6) is 11.5 Å². The summed E-state index contributed by atoms with van der Waals surface area (Å²) in [5.74, 6) is 1.08. The van der Waals surface area contributed by atoms with Crippen LogP contribution in [0.4, 0.5) is 0 Å². The van der Waals surface area contributed by atoms with E-state index in [0.717, 1.165) is 5.75 Å². The summed E-state index contributed by atoms with van der Waals surface area (Å²) in [6, 6.07) is 7.34. The van der Waals surface area contributed by atoms with Gasteiger partial charge in [0.1, 0.15) is 11.5 Å². The van der Waals surface area contributed by atoms with Crippen LogP contribution in [0.3, 0.4) is 0 Å². The summed E-state index contributed by atoms with van der Waals surface area (Å²) in [5.41, 5.74) is 4.66. The van der Waals surface area contributed by atoms with Gasteiger partial charge in [0.25, 0.3) is 0 Å². The first-order valence-electron chi connectivity index (χ1n) is 6.33. The Kier molecular flexibility index (Phi) is 5.63. The number of hydrogen-bond donors (Lipinski definition) is 2. The van der Waals surface area contributed by atoms with Gasteiger partial charge in [0.15, 0.2) is 0 Å². The minimum atomic E-state index is -0.742. The molecule has 0 radical (unpaired) electrons. The predicted octanol–water partition coefficient (Wildman–Crippen LogP) is 1.32. The summed E-state index contributed by atoms with van der Waals surface area (Å²) in [6.45, 7) is 4.80. The number of benzene rings is 1. The molecule has 5 heteroatoms. The Morgan fingerprint density at radius 1 is 1.42 bits per heavy atom. The van der Waals surface area contributed by atoms with Gasteiger partial charge in [-0.25, -0.2) is 0 Å². The lowest BCUT2D eigenvalue weighted by atomic mass is 9.97. The van der Waals surface area contributed by atoms with Crippen molar-refractivity contribution < 1.29 is 14.3 Å². The van der Waals surface area contributed by atoms with Crippen molar-refractivity contribution in [1.29, 1.82) is 0 Å². The van der Waals surface area contributed by atoms with Crippen LogP contribution in [0.2, 0.25) is 0 Å². The number of carbonyl (C=O) groups is 1. The lowest BCUT2D eigenvalue weighted by Crippen LogP contribution is -2.53. The van der Waals surface area contributed by atoms with Crippen LogP contribution in [-0.4, -0.2) is 31.7 Å². The van der Waals surface area contributed by atoms with Crippen LogP contribution in [0, 0.1) is 0 Å². The molecular formula is C14H22N2O3. The number of nitrogens with one attached hydrogen (secondary N) is 1. The molecule has 106 valence electrons. The van der Waals surface area contributed by atoms with Gasteiger partial charge in [0.2, 0.25) is 5.91 Å². The van der Waals surface area contributed by atoms with E-state index in [1.807, 2.05) is 25.1 Å². The topological polar surface area (TPSA) is 73.6 Å². The number of ether oxygens (including phenoxy) is 2. The lowest BCUT2D eigenvalue weighted by Gasteiger charge is -2.26. The lowest BCUT2D eigenvalue weighted by molar-refractivity contribution is -0.124. The molecule has 5 nitrogen and oxygen atoms in total. The molecule has 0 fully saturated rings. The molecule has 1 aromatic carbocycles. The van der Waals surface area contributed by atoms with E-state index >= 15 is 0 Å². The Labute approximate surface area is 114 Å². The van der Waals surface area contributed by atoms with Crippen molar-refractivity contribution >= 4 is 5.91 Å². The number of rotatable bonds is 8. The molecule has 0 spiro atoms. The van der Waals surface area contributed by atoms with Crippen LogP contribution in [0.1, 0.15) is 20.3 Å². The molecule has 0 heterocycles. The van der Waals surface area contributed by atoms with Crippen molar-refractivity contribution in [2.24, 2.45) is 5.73 Å². The maximum atomic E-state index is 11.4. The molecule has 1 unspecified atom stereocenters. The van der Waals surface area contributed by atoms with E-state index in [1.165, 1.54) is 0 Å². The molecule has 0 aliphatic rings. The normalized spacial score (nSPS) is 13.6. The Morgan fingerprint density at radius 3 is 2.68 bits per heavy atom. The highest BCUT2D eigenvalue weighted by Gasteiger charge is 2.29. The monoisotopic (exact) mass is 266 g/mol. The van der Waals surface area contributed by atoms with E-state index in [2.05, 4.69) is 5.32 Å². The molecule has 0 aliphatic carbocycles. The number of hydrogen-bond acceptors (Lipinski definition) is 4. The van der Waals surface area contributed by atoms with Crippen LogP contribution in [-0.2, 0) is 4.79 Å². The molecule has 0 saturated heterocycles. The van der Waals surface area contributed by atoms with E-state index in [4.69, 9.17) is 15.2 Å². The van der Waals surface area contributed by atoms with Gasteiger partial charge in [0, 0.05) is 12.5 Å². The van der Waals surface area contributed by atoms with Crippen LogP contribution >= 0.6 is 0 Å². The minimum Gasteiger partial charge on any atom is -0.497 e. The average Bonchev–Trinajstić information content (AvgIpc) is 2.39. The highest BCUT2D eigenvalue weighted by molar-refractivity contribution is 5.84. The zero-order chi connectivity index (χ0) is 14.3. The first kappa shape index (κ1) is 15.3. The summed E-state index contributed by atoms with van der Waals surface area (Å²) in [4.78, 5) is 11.4. The fourth-order valence-electron chi connectivity index (χ4n) is 1.75. The summed E-state index contributed by atoms with van der Waals surface area (Å²) in [6.07, 6.45) is 0.507. The fraction of sp³-hybridized carbons (Fsp3) is 0.500. The number of carbonyl (C=O) groups excluding carboxylic acids is 1. The van der Waals surface area contributed by atoms with Crippen molar-refractivity contribution in [3.8, 4) is 11.5 Å². The zero-order valence-corrected chi connectivity index (χ0v) is 11.7. The van der Waals surface area contributed by atoms with Gasteiger partial charge in [-0.3, -0.25) is 4.79 Å². The van der Waals surface area contributed by atoms with Crippen molar-refractivity contribution in [2.75, 3.05) is 20.3 Å². The van der Waals surface area contributed by atoms with Gasteiger partial charge in [-0.15, -0.1) is 0 Å². The van der Waals surface area contributed by atoms with Crippen LogP contribution in [0.15, 0.2) is 24.3 Å². The number of methoxy groups -OCH3 is 1. The number of amides is 1. The average molecular weight is 266 g/mol. The fourth-order valence-corrected chi connectivity index (χ4v) is 1.75. The standard InChI is InChI=1S/C14H22N2O3/c1-4-16-14(2,13(15)17)8-9-19-12-7-5-6-11(10-12)18-3/h5-7,10,16H,4,8-9H2,1-3H3,(H2,15,17). The molecule has 1 amide bonds. The van der Waals surface area contributed by atoms with Crippen molar-refractivity contribution in [1.82, 2.24) is 5.32 Å². The predicted molar refractivity (Wildman–Crippen MR) is 74.4 cm³/mol. The Hall–Kier alpha value is -1.75. The Morgan fingerprint density at radius 2 is 2.11 bits per heavy atom. The number of primary amides is 1. The molecule has 3 N–H and O–H groups in total. The van der Waals surface area contributed by atoms with E-state index in [-0.39, 0.29) is 5.91 Å². The molecule has 0 bridgehead atoms. The summed E-state index contributed by atoms with van der Waals surface area (Å²) < 4.78 is 10.7. The molecule has 1 aromatic rings. The number of nitrogens with two attached hydrogens (primary N) is 1. The smallest absolute Gasteiger partial charge is 0.237 e. The second kappa shape index (κ2) is 6.99. The number of likely N-dealkylation sites (N-methyl/N-ethyl adjacent to an activating group) is 1. The minimum absolute atomic E-state index is 0.372. The van der Waals surface area contributed by atoms with Crippen molar-refractivity contribution in [3.63, 3.8) is 0 Å².